The van der Waals surface area contributed by atoms with E-state index in [1.165, 1.54) is 37.1 Å². The van der Waals surface area contributed by atoms with E-state index in [-0.39, 0.29) is 11.8 Å². The monoisotopic (exact) mass is 464 g/mol. The average Bonchev–Trinajstić information content (AvgIpc) is 3.48. The van der Waals surface area contributed by atoms with Crippen molar-refractivity contribution in [1.82, 2.24) is 15.1 Å². The quantitative estimate of drug-likeness (QED) is 0.349. The highest BCUT2D eigenvalue weighted by atomic mass is 16.2. The maximum Gasteiger partial charge on any atom is 0.227 e. The van der Waals surface area contributed by atoms with Crippen LogP contribution in [0.3, 0.4) is 0 Å². The van der Waals surface area contributed by atoms with E-state index in [1.54, 1.807) is 0 Å². The highest BCUT2D eigenvalue weighted by Crippen LogP contribution is 2.30. The van der Waals surface area contributed by atoms with Crippen LogP contribution in [0.15, 0.2) is 78.9 Å². The first-order valence-corrected chi connectivity index (χ1v) is 12.5. The highest BCUT2D eigenvalue weighted by Gasteiger charge is 2.29. The average molecular weight is 465 g/mol. The van der Waals surface area contributed by atoms with Gasteiger partial charge in [0.15, 0.2) is 0 Å². The Bertz CT molecular complexity index is 1270. The summed E-state index contributed by atoms with van der Waals surface area (Å²) in [6, 6.07) is 26.6. The van der Waals surface area contributed by atoms with Crippen molar-refractivity contribution in [3.8, 4) is 0 Å². The molecular weight excluding hydrogens is 432 g/mol. The van der Waals surface area contributed by atoms with Gasteiger partial charge in [-0.25, -0.2) is 0 Å². The lowest BCUT2D eigenvalue weighted by atomic mass is 10.1. The predicted octanol–water partition coefficient (Wildman–Crippen LogP) is 6.36. The topological polar surface area (TPSA) is 61.0 Å². The number of likely N-dealkylation sites (tertiary alicyclic amines) is 1. The maximum absolute atomic E-state index is 11.3. The molecule has 1 aromatic heterocycles. The number of aromatic nitrogens is 2. The van der Waals surface area contributed by atoms with E-state index in [2.05, 4.69) is 62.9 Å². The summed E-state index contributed by atoms with van der Waals surface area (Å²) in [5.41, 5.74) is 5.57. The number of H-pyrrole nitrogens is 1. The number of anilines is 1. The smallest absolute Gasteiger partial charge is 0.227 e. The van der Waals surface area contributed by atoms with E-state index in [4.69, 9.17) is 0 Å². The molecule has 0 bridgehead atoms. The van der Waals surface area contributed by atoms with Crippen molar-refractivity contribution in [2.45, 2.75) is 32.2 Å². The summed E-state index contributed by atoms with van der Waals surface area (Å²) < 4.78 is 0. The molecule has 0 unspecified atom stereocenters. The fourth-order valence-corrected chi connectivity index (χ4v) is 4.33. The SMILES string of the molecule is C(=C\c1n[nH]c2ccccc12)/c1ccc(CN2CCCC2)cc1.O=C(Nc1ccccc1)C1CC1. The molecule has 2 heterocycles. The molecular formula is C30H32N4O. The van der Waals surface area contributed by atoms with Crippen LogP contribution in [0.1, 0.15) is 42.5 Å². The van der Waals surface area contributed by atoms with Gasteiger partial charge in [-0.3, -0.25) is 14.8 Å². The van der Waals surface area contributed by atoms with Crippen molar-refractivity contribution in [2.75, 3.05) is 18.4 Å². The van der Waals surface area contributed by atoms with Crippen LogP contribution >= 0.6 is 0 Å². The molecule has 5 heteroatoms. The fraction of sp³-hybridized carbons (Fsp3) is 0.267. The van der Waals surface area contributed by atoms with Crippen molar-refractivity contribution in [1.29, 1.82) is 0 Å². The number of nitrogens with one attached hydrogen (secondary N) is 2. The second-order valence-electron chi connectivity index (χ2n) is 9.34. The Morgan fingerprint density at radius 3 is 2.37 bits per heavy atom. The number of carbonyl (C=O) groups is 1. The molecule has 1 amide bonds. The van der Waals surface area contributed by atoms with Gasteiger partial charge in [-0.15, -0.1) is 0 Å². The van der Waals surface area contributed by atoms with Crippen LogP contribution in [0.4, 0.5) is 5.69 Å². The third kappa shape index (κ3) is 6.46. The summed E-state index contributed by atoms with van der Waals surface area (Å²) in [6.45, 7) is 3.57. The van der Waals surface area contributed by atoms with Gasteiger partial charge in [0.1, 0.15) is 0 Å². The zero-order valence-electron chi connectivity index (χ0n) is 20.0. The first-order chi connectivity index (χ1) is 17.2. The van der Waals surface area contributed by atoms with Crippen LogP contribution < -0.4 is 5.32 Å². The Kier molecular flexibility index (Phi) is 7.35. The zero-order chi connectivity index (χ0) is 23.9. The van der Waals surface area contributed by atoms with Gasteiger partial charge < -0.3 is 5.32 Å². The lowest BCUT2D eigenvalue weighted by Crippen LogP contribution is -2.18. The number of fused-ring (bicyclic) bond motifs is 1. The van der Waals surface area contributed by atoms with E-state index in [0.717, 1.165) is 41.7 Å². The largest absolute Gasteiger partial charge is 0.326 e. The molecule has 3 aromatic carbocycles. The van der Waals surface area contributed by atoms with Gasteiger partial charge in [0.05, 0.1) is 11.2 Å². The number of benzene rings is 3. The normalized spacial score (nSPS) is 15.8. The lowest BCUT2D eigenvalue weighted by molar-refractivity contribution is -0.117. The molecule has 1 saturated carbocycles. The number of para-hydroxylation sites is 2. The summed E-state index contributed by atoms with van der Waals surface area (Å²) in [6.07, 6.45) is 9.00. The van der Waals surface area contributed by atoms with Crippen LogP contribution in [-0.4, -0.2) is 34.1 Å². The summed E-state index contributed by atoms with van der Waals surface area (Å²) >= 11 is 0. The molecule has 5 nitrogen and oxygen atoms in total. The first-order valence-electron chi connectivity index (χ1n) is 12.5. The number of amides is 1. The van der Waals surface area contributed by atoms with Crippen LogP contribution in [0.25, 0.3) is 23.1 Å². The minimum absolute atomic E-state index is 0.168. The van der Waals surface area contributed by atoms with Crippen molar-refractivity contribution in [2.24, 2.45) is 5.92 Å². The first kappa shape index (κ1) is 23.1. The van der Waals surface area contributed by atoms with Crippen molar-refractivity contribution in [3.05, 3.63) is 95.7 Å². The van der Waals surface area contributed by atoms with Crippen LogP contribution in [0.5, 0.6) is 0 Å². The number of rotatable bonds is 6. The van der Waals surface area contributed by atoms with E-state index < -0.39 is 0 Å². The van der Waals surface area contributed by atoms with Crippen LogP contribution in [0, 0.1) is 5.92 Å². The third-order valence-electron chi connectivity index (χ3n) is 6.51. The van der Waals surface area contributed by atoms with Gasteiger partial charge >= 0.3 is 0 Å². The molecule has 2 N–H and O–H groups in total. The minimum atomic E-state index is 0.168. The highest BCUT2D eigenvalue weighted by molar-refractivity contribution is 5.94. The third-order valence-corrected chi connectivity index (χ3v) is 6.51. The molecule has 0 atom stereocenters. The molecule has 1 aliphatic heterocycles. The van der Waals surface area contributed by atoms with Crippen molar-refractivity contribution >= 4 is 34.6 Å². The number of hydrogen-bond acceptors (Lipinski definition) is 3. The van der Waals surface area contributed by atoms with Gasteiger partial charge in [-0.05, 0) is 74.2 Å². The summed E-state index contributed by atoms with van der Waals surface area (Å²) in [4.78, 5) is 13.8. The van der Waals surface area contributed by atoms with Gasteiger partial charge in [-0.2, -0.15) is 5.10 Å². The maximum atomic E-state index is 11.3. The van der Waals surface area contributed by atoms with Crippen molar-refractivity contribution in [3.63, 3.8) is 0 Å². The Balaban J connectivity index is 0.000000178. The molecule has 0 spiro atoms. The van der Waals surface area contributed by atoms with Gasteiger partial charge in [0.25, 0.3) is 0 Å². The minimum Gasteiger partial charge on any atom is -0.326 e. The van der Waals surface area contributed by atoms with E-state index in [0.29, 0.717) is 0 Å². The molecule has 35 heavy (non-hydrogen) atoms. The van der Waals surface area contributed by atoms with E-state index in [9.17, 15) is 4.79 Å². The predicted molar refractivity (Wildman–Crippen MR) is 144 cm³/mol. The molecule has 4 aromatic rings. The Labute approximate surface area is 206 Å². The second kappa shape index (κ2) is 11.2. The van der Waals surface area contributed by atoms with E-state index in [1.807, 2.05) is 48.5 Å². The van der Waals surface area contributed by atoms with Crippen molar-refractivity contribution < 1.29 is 4.79 Å². The van der Waals surface area contributed by atoms with E-state index >= 15 is 0 Å². The summed E-state index contributed by atoms with van der Waals surface area (Å²) in [5, 5.41) is 11.5. The van der Waals surface area contributed by atoms with Crippen LogP contribution in [0.2, 0.25) is 0 Å². The lowest BCUT2D eigenvalue weighted by Gasteiger charge is -2.14. The Morgan fingerprint density at radius 2 is 1.63 bits per heavy atom. The molecule has 1 saturated heterocycles. The van der Waals surface area contributed by atoms with Gasteiger partial charge in [0, 0.05) is 23.5 Å². The molecule has 2 fully saturated rings. The Hall–Kier alpha value is -3.70. The molecule has 2 aliphatic rings. The second-order valence-corrected chi connectivity index (χ2v) is 9.34. The number of carbonyl (C=O) groups excluding carboxylic acids is 1. The van der Waals surface area contributed by atoms with Gasteiger partial charge in [0.2, 0.25) is 5.91 Å². The standard InChI is InChI=1S/C20H21N3.C10H11NO/c1-2-6-19-18(5-1)20(22-21-19)12-11-16-7-9-17(10-8-16)15-23-13-3-4-14-23;12-10(8-6-7-8)11-9-4-2-1-3-5-9/h1-2,5-12H,3-4,13-15H2,(H,21,22);1-5,8H,6-7H2,(H,11,12)/b12-11+;. The zero-order valence-corrected chi connectivity index (χ0v) is 20.0. The fourth-order valence-electron chi connectivity index (χ4n) is 4.33. The van der Waals surface area contributed by atoms with Crippen LogP contribution in [-0.2, 0) is 11.3 Å². The summed E-state index contributed by atoms with van der Waals surface area (Å²) in [7, 11) is 0. The molecule has 178 valence electrons. The number of nitrogens with zero attached hydrogens (tertiary/aromatic N) is 2. The summed E-state index contributed by atoms with van der Waals surface area (Å²) in [5.74, 6) is 0.450. The molecule has 6 rings (SSSR count). The number of aromatic amines is 1. The molecule has 1 aliphatic carbocycles. The Morgan fingerprint density at radius 1 is 0.914 bits per heavy atom. The molecule has 0 radical (unpaired) electrons. The number of hydrogen-bond donors (Lipinski definition) is 2. The van der Waals surface area contributed by atoms with Gasteiger partial charge in [-0.1, -0.05) is 66.7 Å².